The summed E-state index contributed by atoms with van der Waals surface area (Å²) in [6.07, 6.45) is 0. The highest BCUT2D eigenvalue weighted by atomic mass is 16.6. The highest BCUT2D eigenvalue weighted by molar-refractivity contribution is 5.99. The third-order valence-corrected chi connectivity index (χ3v) is 1.90. The zero-order valence-electron chi connectivity index (χ0n) is 8.39. The van der Waals surface area contributed by atoms with Crippen molar-refractivity contribution in [2.45, 2.75) is 0 Å². The Morgan fingerprint density at radius 3 is 2.31 bits per heavy atom. The number of nitrogens with one attached hydrogen (secondary N) is 1. The van der Waals surface area contributed by atoms with E-state index in [2.05, 4.69) is 5.32 Å². The second-order valence-electron chi connectivity index (χ2n) is 2.97. The van der Waals surface area contributed by atoms with Gasteiger partial charge in [0.2, 0.25) is 5.91 Å². The van der Waals surface area contributed by atoms with Gasteiger partial charge in [0, 0.05) is 30.3 Å². The van der Waals surface area contributed by atoms with Crippen LogP contribution in [0.5, 0.6) is 0 Å². The smallest absolute Gasteiger partial charge is 0.271 e. The van der Waals surface area contributed by atoms with Crippen LogP contribution in [-0.2, 0) is 0 Å². The number of nitrogens with zero attached hydrogens (tertiary/aromatic N) is 1. The van der Waals surface area contributed by atoms with Crippen LogP contribution in [0.1, 0.15) is 20.7 Å². The van der Waals surface area contributed by atoms with Gasteiger partial charge in [-0.15, -0.1) is 0 Å². The van der Waals surface area contributed by atoms with E-state index in [1.165, 1.54) is 13.1 Å². The maximum absolute atomic E-state index is 11.3. The van der Waals surface area contributed by atoms with Crippen LogP contribution in [0.25, 0.3) is 0 Å². The molecule has 0 saturated carbocycles. The van der Waals surface area contributed by atoms with Crippen molar-refractivity contribution in [3.63, 3.8) is 0 Å². The van der Waals surface area contributed by atoms with E-state index in [4.69, 9.17) is 5.73 Å². The van der Waals surface area contributed by atoms with Crippen LogP contribution in [0.4, 0.5) is 5.69 Å². The maximum atomic E-state index is 11.3. The Balaban J connectivity index is 3.35. The Hall–Kier alpha value is -2.44. The van der Waals surface area contributed by atoms with Crippen molar-refractivity contribution in [1.82, 2.24) is 5.32 Å². The Bertz CT molecular complexity index is 438. The number of hydrogen-bond acceptors (Lipinski definition) is 4. The molecule has 0 heterocycles. The molecule has 2 amide bonds. The van der Waals surface area contributed by atoms with E-state index in [9.17, 15) is 19.7 Å². The third kappa shape index (κ3) is 2.32. The lowest BCUT2D eigenvalue weighted by atomic mass is 10.1. The van der Waals surface area contributed by atoms with Gasteiger partial charge >= 0.3 is 0 Å². The number of carbonyl (C=O) groups excluding carboxylic acids is 2. The molecule has 1 aromatic rings. The maximum Gasteiger partial charge on any atom is 0.271 e. The van der Waals surface area contributed by atoms with Gasteiger partial charge in [0.15, 0.2) is 0 Å². The summed E-state index contributed by atoms with van der Waals surface area (Å²) in [4.78, 5) is 32.0. The van der Waals surface area contributed by atoms with Crippen LogP contribution in [0.3, 0.4) is 0 Å². The lowest BCUT2D eigenvalue weighted by molar-refractivity contribution is -0.384. The molecule has 0 unspecified atom stereocenters. The molecule has 0 aromatic heterocycles. The van der Waals surface area contributed by atoms with Gasteiger partial charge < -0.3 is 11.1 Å². The van der Waals surface area contributed by atoms with Crippen LogP contribution in [0, 0.1) is 10.1 Å². The van der Waals surface area contributed by atoms with Crippen LogP contribution in [0.15, 0.2) is 18.2 Å². The van der Waals surface area contributed by atoms with Gasteiger partial charge in [-0.25, -0.2) is 0 Å². The van der Waals surface area contributed by atoms with Gasteiger partial charge in [-0.05, 0) is 6.07 Å². The Labute approximate surface area is 90.4 Å². The summed E-state index contributed by atoms with van der Waals surface area (Å²) in [6, 6.07) is 3.30. The van der Waals surface area contributed by atoms with Gasteiger partial charge in [0.25, 0.3) is 11.6 Å². The van der Waals surface area contributed by atoms with Crippen molar-refractivity contribution in [3.8, 4) is 0 Å². The molecular formula is C9H9N3O4. The molecule has 0 aliphatic carbocycles. The molecule has 0 atom stereocenters. The molecule has 0 radical (unpaired) electrons. The summed E-state index contributed by atoms with van der Waals surface area (Å²) >= 11 is 0. The minimum absolute atomic E-state index is 0.0190. The minimum Gasteiger partial charge on any atom is -0.366 e. The van der Waals surface area contributed by atoms with Gasteiger partial charge in [0.1, 0.15) is 0 Å². The normalized spacial score (nSPS) is 9.56. The van der Waals surface area contributed by atoms with Crippen LogP contribution in [-0.4, -0.2) is 23.8 Å². The number of nitro benzene ring substituents is 1. The van der Waals surface area contributed by atoms with Gasteiger partial charge in [0.05, 0.1) is 4.92 Å². The van der Waals surface area contributed by atoms with Gasteiger partial charge in [-0.2, -0.15) is 0 Å². The zero-order chi connectivity index (χ0) is 12.3. The number of nitrogens with two attached hydrogens (primary N) is 1. The molecule has 0 aliphatic heterocycles. The van der Waals surface area contributed by atoms with Gasteiger partial charge in [-0.1, -0.05) is 0 Å². The Morgan fingerprint density at radius 1 is 1.31 bits per heavy atom. The standard InChI is InChI=1S/C9H9N3O4/c1-11-9(14)6-2-5(8(10)13)3-7(4-6)12(15)16/h2-4H,1H3,(H2,10,13)(H,11,14). The van der Waals surface area contributed by atoms with Crippen LogP contribution in [0.2, 0.25) is 0 Å². The van der Waals surface area contributed by atoms with E-state index >= 15 is 0 Å². The first-order chi connectivity index (χ1) is 7.45. The highest BCUT2D eigenvalue weighted by Gasteiger charge is 2.15. The van der Waals surface area contributed by atoms with Crippen molar-refractivity contribution >= 4 is 17.5 Å². The Kier molecular flexibility index (Phi) is 3.19. The fourth-order valence-corrected chi connectivity index (χ4v) is 1.13. The molecule has 3 N–H and O–H groups in total. The van der Waals surface area contributed by atoms with Crippen molar-refractivity contribution in [3.05, 3.63) is 39.4 Å². The number of benzene rings is 1. The number of carbonyl (C=O) groups is 2. The first kappa shape index (κ1) is 11.6. The number of primary amides is 1. The predicted molar refractivity (Wildman–Crippen MR) is 55.0 cm³/mol. The van der Waals surface area contributed by atoms with Crippen LogP contribution < -0.4 is 11.1 Å². The van der Waals surface area contributed by atoms with Crippen molar-refractivity contribution in [2.24, 2.45) is 5.73 Å². The van der Waals surface area contributed by atoms with E-state index in [1.54, 1.807) is 0 Å². The second kappa shape index (κ2) is 4.39. The number of nitro groups is 1. The molecule has 1 rings (SSSR count). The summed E-state index contributed by atoms with van der Waals surface area (Å²) in [5, 5.41) is 12.9. The number of amides is 2. The molecule has 84 valence electrons. The average Bonchev–Trinajstić information content (AvgIpc) is 2.27. The fraction of sp³-hybridized carbons (Fsp3) is 0.111. The quantitative estimate of drug-likeness (QED) is 0.556. The topological polar surface area (TPSA) is 115 Å². The lowest BCUT2D eigenvalue weighted by Crippen LogP contribution is -2.19. The lowest BCUT2D eigenvalue weighted by Gasteiger charge is -2.02. The summed E-state index contributed by atoms with van der Waals surface area (Å²) < 4.78 is 0. The van der Waals surface area contributed by atoms with E-state index < -0.39 is 16.7 Å². The molecule has 1 aromatic carbocycles. The predicted octanol–water partition coefficient (Wildman–Crippen LogP) is 0.0533. The van der Waals surface area contributed by atoms with Crippen molar-refractivity contribution in [2.75, 3.05) is 7.05 Å². The molecule has 7 nitrogen and oxygen atoms in total. The molecule has 16 heavy (non-hydrogen) atoms. The number of non-ortho nitro benzene ring substituents is 1. The van der Waals surface area contributed by atoms with E-state index in [-0.39, 0.29) is 16.8 Å². The highest BCUT2D eigenvalue weighted by Crippen LogP contribution is 2.17. The molecule has 0 bridgehead atoms. The SMILES string of the molecule is CNC(=O)c1cc(C(N)=O)cc([N+](=O)[O-])c1. The zero-order valence-corrected chi connectivity index (χ0v) is 8.39. The molecule has 0 saturated heterocycles. The number of hydrogen-bond donors (Lipinski definition) is 2. The second-order valence-corrected chi connectivity index (χ2v) is 2.97. The summed E-state index contributed by atoms with van der Waals surface area (Å²) in [5.74, 6) is -1.35. The first-order valence-electron chi connectivity index (χ1n) is 4.27. The average molecular weight is 223 g/mol. The minimum atomic E-state index is -0.825. The van der Waals surface area contributed by atoms with E-state index in [1.807, 2.05) is 0 Å². The molecule has 7 heteroatoms. The summed E-state index contributed by atoms with van der Waals surface area (Å²) in [5.41, 5.74) is 4.59. The number of rotatable bonds is 3. The Morgan fingerprint density at radius 2 is 1.88 bits per heavy atom. The summed E-state index contributed by atoms with van der Waals surface area (Å²) in [6.45, 7) is 0. The monoisotopic (exact) mass is 223 g/mol. The van der Waals surface area contributed by atoms with Gasteiger partial charge in [-0.3, -0.25) is 19.7 Å². The molecule has 0 fully saturated rings. The first-order valence-corrected chi connectivity index (χ1v) is 4.27. The summed E-state index contributed by atoms with van der Waals surface area (Å²) in [7, 11) is 1.38. The van der Waals surface area contributed by atoms with E-state index in [0.717, 1.165) is 12.1 Å². The van der Waals surface area contributed by atoms with Crippen molar-refractivity contribution < 1.29 is 14.5 Å². The largest absolute Gasteiger partial charge is 0.366 e. The van der Waals surface area contributed by atoms with E-state index in [0.29, 0.717) is 0 Å². The molecule has 0 spiro atoms. The van der Waals surface area contributed by atoms with Crippen LogP contribution >= 0.6 is 0 Å². The molecular weight excluding hydrogens is 214 g/mol. The molecule has 0 aliphatic rings. The fourth-order valence-electron chi connectivity index (χ4n) is 1.13. The third-order valence-electron chi connectivity index (χ3n) is 1.90. The van der Waals surface area contributed by atoms with Crippen molar-refractivity contribution in [1.29, 1.82) is 0 Å².